The summed E-state index contributed by atoms with van der Waals surface area (Å²) in [5.74, 6) is 0.435. The number of halogens is 1. The number of amides is 2. The van der Waals surface area contributed by atoms with Gasteiger partial charge in [0.25, 0.3) is 5.91 Å². The number of nitrogens with zero attached hydrogens (tertiary/aromatic N) is 1. The number of hydrogen-bond donors (Lipinski definition) is 1. The standard InChI is InChI=1S/C17H21ClN2O3/c1-11-9-13(6-7-14(11)18)23-10-16(21)20-8-2-3-15(20)17(22)19-12-4-5-12/h6-7,9,12,15H,2-5,8,10H2,1H3,(H,19,22). The van der Waals surface area contributed by atoms with Gasteiger partial charge in [0.05, 0.1) is 0 Å². The van der Waals surface area contributed by atoms with Gasteiger partial charge in [-0.15, -0.1) is 0 Å². The molecule has 1 saturated heterocycles. The molecule has 6 heteroatoms. The van der Waals surface area contributed by atoms with Gasteiger partial charge in [0.15, 0.2) is 6.61 Å². The summed E-state index contributed by atoms with van der Waals surface area (Å²) in [6.45, 7) is 2.44. The number of nitrogens with one attached hydrogen (secondary N) is 1. The van der Waals surface area contributed by atoms with Crippen molar-refractivity contribution in [3.63, 3.8) is 0 Å². The number of benzene rings is 1. The number of aryl methyl sites for hydroxylation is 1. The van der Waals surface area contributed by atoms with E-state index in [1.807, 2.05) is 6.92 Å². The molecule has 0 spiro atoms. The third-order valence-electron chi connectivity index (χ3n) is 4.29. The lowest BCUT2D eigenvalue weighted by Gasteiger charge is -2.24. The van der Waals surface area contributed by atoms with Crippen LogP contribution in [0.4, 0.5) is 0 Å². The molecule has 0 aromatic heterocycles. The molecule has 1 heterocycles. The lowest BCUT2D eigenvalue weighted by Crippen LogP contribution is -2.47. The van der Waals surface area contributed by atoms with Crippen LogP contribution in [0.15, 0.2) is 18.2 Å². The largest absolute Gasteiger partial charge is 0.484 e. The van der Waals surface area contributed by atoms with Crippen molar-refractivity contribution in [2.75, 3.05) is 13.2 Å². The number of carbonyl (C=O) groups excluding carboxylic acids is 2. The Bertz CT molecular complexity index is 616. The predicted octanol–water partition coefficient (Wildman–Crippen LogP) is 2.30. The van der Waals surface area contributed by atoms with E-state index in [0.29, 0.717) is 23.4 Å². The third-order valence-corrected chi connectivity index (χ3v) is 4.72. The summed E-state index contributed by atoms with van der Waals surface area (Å²) < 4.78 is 5.56. The summed E-state index contributed by atoms with van der Waals surface area (Å²) in [5.41, 5.74) is 0.902. The number of carbonyl (C=O) groups is 2. The summed E-state index contributed by atoms with van der Waals surface area (Å²) in [5, 5.41) is 3.65. The molecule has 1 aliphatic carbocycles. The van der Waals surface area contributed by atoms with E-state index < -0.39 is 0 Å². The van der Waals surface area contributed by atoms with Crippen molar-refractivity contribution in [2.24, 2.45) is 0 Å². The molecule has 2 amide bonds. The van der Waals surface area contributed by atoms with E-state index in [0.717, 1.165) is 31.2 Å². The Balaban J connectivity index is 1.55. The van der Waals surface area contributed by atoms with E-state index in [2.05, 4.69) is 5.32 Å². The Labute approximate surface area is 140 Å². The average molecular weight is 337 g/mol. The van der Waals surface area contributed by atoms with E-state index in [9.17, 15) is 9.59 Å². The minimum atomic E-state index is -0.348. The highest BCUT2D eigenvalue weighted by molar-refractivity contribution is 6.31. The molecule has 5 nitrogen and oxygen atoms in total. The highest BCUT2D eigenvalue weighted by Crippen LogP contribution is 2.23. The molecule has 124 valence electrons. The number of likely N-dealkylation sites (tertiary alicyclic amines) is 1. The molecule has 1 aromatic carbocycles. The van der Waals surface area contributed by atoms with E-state index in [1.54, 1.807) is 23.1 Å². The zero-order chi connectivity index (χ0) is 16.4. The van der Waals surface area contributed by atoms with Gasteiger partial charge in [-0.05, 0) is 56.4 Å². The Morgan fingerprint density at radius 1 is 1.35 bits per heavy atom. The number of ether oxygens (including phenoxy) is 1. The smallest absolute Gasteiger partial charge is 0.261 e. The summed E-state index contributed by atoms with van der Waals surface area (Å²) in [7, 11) is 0. The van der Waals surface area contributed by atoms with Crippen LogP contribution in [-0.2, 0) is 9.59 Å². The summed E-state index contributed by atoms with van der Waals surface area (Å²) in [6, 6.07) is 5.26. The molecule has 1 saturated carbocycles. The minimum absolute atomic E-state index is 0.0271. The lowest BCUT2D eigenvalue weighted by atomic mass is 10.2. The summed E-state index contributed by atoms with van der Waals surface area (Å²) >= 11 is 5.97. The second kappa shape index (κ2) is 6.79. The topological polar surface area (TPSA) is 58.6 Å². The molecular formula is C17H21ClN2O3. The molecule has 2 aliphatic rings. The molecule has 3 rings (SSSR count). The van der Waals surface area contributed by atoms with Crippen molar-refractivity contribution in [3.05, 3.63) is 28.8 Å². The Morgan fingerprint density at radius 2 is 2.13 bits per heavy atom. The van der Waals surface area contributed by atoms with Crippen LogP contribution in [-0.4, -0.2) is 41.9 Å². The van der Waals surface area contributed by atoms with Crippen LogP contribution in [0.2, 0.25) is 5.02 Å². The molecule has 0 bridgehead atoms. The first kappa shape index (κ1) is 16.1. The van der Waals surface area contributed by atoms with Gasteiger partial charge in [-0.1, -0.05) is 11.6 Å². The van der Waals surface area contributed by atoms with Crippen molar-refractivity contribution < 1.29 is 14.3 Å². The fourth-order valence-corrected chi connectivity index (χ4v) is 2.92. The number of hydrogen-bond acceptors (Lipinski definition) is 3. The SMILES string of the molecule is Cc1cc(OCC(=O)N2CCCC2C(=O)NC2CC2)ccc1Cl. The van der Waals surface area contributed by atoms with Gasteiger partial charge in [0, 0.05) is 17.6 Å². The molecular weight excluding hydrogens is 316 g/mol. The molecule has 1 aromatic rings. The van der Waals surface area contributed by atoms with Crippen LogP contribution in [0.25, 0.3) is 0 Å². The Morgan fingerprint density at radius 3 is 2.83 bits per heavy atom. The maximum Gasteiger partial charge on any atom is 0.261 e. The van der Waals surface area contributed by atoms with Crippen molar-refractivity contribution in [1.82, 2.24) is 10.2 Å². The normalized spacial score (nSPS) is 20.4. The fourth-order valence-electron chi connectivity index (χ4n) is 2.80. The lowest BCUT2D eigenvalue weighted by molar-refractivity contribution is -0.140. The number of rotatable bonds is 5. The van der Waals surface area contributed by atoms with Crippen LogP contribution < -0.4 is 10.1 Å². The molecule has 2 fully saturated rings. The van der Waals surface area contributed by atoms with Gasteiger partial charge >= 0.3 is 0 Å². The van der Waals surface area contributed by atoms with Crippen LogP contribution in [0.3, 0.4) is 0 Å². The van der Waals surface area contributed by atoms with E-state index >= 15 is 0 Å². The monoisotopic (exact) mass is 336 g/mol. The highest BCUT2D eigenvalue weighted by atomic mass is 35.5. The van der Waals surface area contributed by atoms with Gasteiger partial charge in [-0.3, -0.25) is 9.59 Å². The average Bonchev–Trinajstić information content (AvgIpc) is 3.20. The van der Waals surface area contributed by atoms with Crippen molar-refractivity contribution in [3.8, 4) is 5.75 Å². The van der Waals surface area contributed by atoms with Crippen LogP contribution in [0.1, 0.15) is 31.2 Å². The molecule has 1 atom stereocenters. The third kappa shape index (κ3) is 3.96. The molecule has 23 heavy (non-hydrogen) atoms. The first-order valence-corrected chi connectivity index (χ1v) is 8.41. The van der Waals surface area contributed by atoms with Gasteiger partial charge in [-0.25, -0.2) is 0 Å². The summed E-state index contributed by atoms with van der Waals surface area (Å²) in [6.07, 6.45) is 3.68. The van der Waals surface area contributed by atoms with Crippen molar-refractivity contribution >= 4 is 23.4 Å². The van der Waals surface area contributed by atoms with Gasteiger partial charge < -0.3 is 15.0 Å². The molecule has 1 aliphatic heterocycles. The summed E-state index contributed by atoms with van der Waals surface area (Å²) in [4.78, 5) is 26.2. The van der Waals surface area contributed by atoms with Crippen LogP contribution in [0, 0.1) is 6.92 Å². The van der Waals surface area contributed by atoms with E-state index in [4.69, 9.17) is 16.3 Å². The van der Waals surface area contributed by atoms with Crippen molar-refractivity contribution in [1.29, 1.82) is 0 Å². The van der Waals surface area contributed by atoms with Gasteiger partial charge in [-0.2, -0.15) is 0 Å². The van der Waals surface area contributed by atoms with Gasteiger partial charge in [0.1, 0.15) is 11.8 Å². The highest BCUT2D eigenvalue weighted by Gasteiger charge is 2.36. The second-order valence-electron chi connectivity index (χ2n) is 6.23. The Hall–Kier alpha value is -1.75. The van der Waals surface area contributed by atoms with Gasteiger partial charge in [0.2, 0.25) is 5.91 Å². The van der Waals surface area contributed by atoms with E-state index in [1.165, 1.54) is 0 Å². The zero-order valence-electron chi connectivity index (χ0n) is 13.2. The second-order valence-corrected chi connectivity index (χ2v) is 6.63. The fraction of sp³-hybridized carbons (Fsp3) is 0.529. The maximum absolute atomic E-state index is 12.4. The van der Waals surface area contributed by atoms with Crippen molar-refractivity contribution in [2.45, 2.75) is 44.7 Å². The first-order chi connectivity index (χ1) is 11.0. The quantitative estimate of drug-likeness (QED) is 0.897. The maximum atomic E-state index is 12.4. The van der Waals surface area contributed by atoms with Crippen LogP contribution >= 0.6 is 11.6 Å². The zero-order valence-corrected chi connectivity index (χ0v) is 13.9. The van der Waals surface area contributed by atoms with Crippen LogP contribution in [0.5, 0.6) is 5.75 Å². The Kier molecular flexibility index (Phi) is 4.76. The minimum Gasteiger partial charge on any atom is -0.484 e. The first-order valence-electron chi connectivity index (χ1n) is 8.03. The molecule has 0 radical (unpaired) electrons. The van der Waals surface area contributed by atoms with E-state index in [-0.39, 0.29) is 24.5 Å². The molecule has 1 unspecified atom stereocenters. The molecule has 1 N–H and O–H groups in total. The predicted molar refractivity (Wildman–Crippen MR) is 87.6 cm³/mol.